The number of carbonyl (C=O) groups excluding carboxylic acids is 2. The van der Waals surface area contributed by atoms with Gasteiger partial charge in [-0.1, -0.05) is 16.4 Å². The van der Waals surface area contributed by atoms with Crippen molar-refractivity contribution in [3.63, 3.8) is 0 Å². The van der Waals surface area contributed by atoms with Gasteiger partial charge < -0.3 is 25.5 Å². The molecule has 0 radical (unpaired) electrons. The van der Waals surface area contributed by atoms with Crippen LogP contribution in [0.2, 0.25) is 0 Å². The first-order chi connectivity index (χ1) is 15.8. The summed E-state index contributed by atoms with van der Waals surface area (Å²) in [4.78, 5) is 47.5. The molecule has 0 bridgehead atoms. The standard InChI is InChI=1S/C19H18N6O6S2/c1-8-5-10(31-23-8)4-3-9-6-32-17-13(16(27)25(17)14(9)18(28)29)22-15(26)12(24-30-2)11-7-33-19(20)21-11/h3-5,7,13,17H,6H2,1-2H3,(H2,20,21)(H,22,26)(H,28,29)/b4-3-,24-12-/t13-,17-/m1/s1. The SMILES string of the molecule is CO/N=C(\C(=O)N[C@@H]1C(=O)N2C(C(=O)O)=C(/C=C\c3cc(C)no3)CS[C@H]12)c1csc(N)n1. The van der Waals surface area contributed by atoms with Crippen LogP contribution in [0, 0.1) is 6.92 Å². The number of nitrogens with two attached hydrogens (primary N) is 1. The van der Waals surface area contributed by atoms with Gasteiger partial charge in [-0.2, -0.15) is 0 Å². The van der Waals surface area contributed by atoms with Gasteiger partial charge in [0.15, 0.2) is 16.6 Å². The van der Waals surface area contributed by atoms with Crippen LogP contribution in [0.3, 0.4) is 0 Å². The fraction of sp³-hybridized carbons (Fsp3) is 0.263. The highest BCUT2D eigenvalue weighted by molar-refractivity contribution is 8.00. The van der Waals surface area contributed by atoms with E-state index in [1.165, 1.54) is 29.2 Å². The zero-order valence-electron chi connectivity index (χ0n) is 17.3. The number of aliphatic carboxylic acids is 1. The predicted octanol–water partition coefficient (Wildman–Crippen LogP) is 0.824. The lowest BCUT2D eigenvalue weighted by molar-refractivity contribution is -0.150. The number of carboxylic acid groups (broad SMARTS) is 1. The summed E-state index contributed by atoms with van der Waals surface area (Å²) in [6, 6.07) is 0.767. The maximum atomic E-state index is 12.8. The van der Waals surface area contributed by atoms with Gasteiger partial charge in [0.1, 0.15) is 29.9 Å². The first-order valence-electron chi connectivity index (χ1n) is 9.46. The monoisotopic (exact) mass is 490 g/mol. The molecular formula is C19H18N6O6S2. The summed E-state index contributed by atoms with van der Waals surface area (Å²) >= 11 is 2.45. The molecule has 0 saturated carbocycles. The fourth-order valence-electron chi connectivity index (χ4n) is 3.32. The lowest BCUT2D eigenvalue weighted by Crippen LogP contribution is -2.71. The minimum Gasteiger partial charge on any atom is -0.477 e. The Kier molecular flexibility index (Phi) is 6.20. The number of anilines is 1. The van der Waals surface area contributed by atoms with E-state index in [1.54, 1.807) is 25.1 Å². The maximum absolute atomic E-state index is 12.8. The average molecular weight is 491 g/mol. The second kappa shape index (κ2) is 9.07. The number of rotatable bonds is 7. The van der Waals surface area contributed by atoms with Gasteiger partial charge in [0.2, 0.25) is 0 Å². The zero-order chi connectivity index (χ0) is 23.7. The van der Waals surface area contributed by atoms with Crippen molar-refractivity contribution in [3.05, 3.63) is 45.9 Å². The molecule has 2 atom stereocenters. The molecule has 1 saturated heterocycles. The fourth-order valence-corrected chi connectivity index (χ4v) is 5.18. The van der Waals surface area contributed by atoms with Gasteiger partial charge in [0, 0.05) is 17.2 Å². The molecule has 14 heteroatoms. The van der Waals surface area contributed by atoms with Crippen LogP contribution in [0.1, 0.15) is 17.1 Å². The zero-order valence-corrected chi connectivity index (χ0v) is 19.0. The van der Waals surface area contributed by atoms with Crippen LogP contribution in [0.15, 0.2) is 38.5 Å². The number of nitrogen functional groups attached to an aromatic ring is 1. The Morgan fingerprint density at radius 2 is 2.24 bits per heavy atom. The number of carboxylic acids is 1. The summed E-state index contributed by atoms with van der Waals surface area (Å²) in [5, 5.41) is 21.0. The molecule has 4 heterocycles. The summed E-state index contributed by atoms with van der Waals surface area (Å²) in [7, 11) is 1.27. The molecule has 4 rings (SSSR count). The number of allylic oxidation sites excluding steroid dienone is 1. The number of amides is 2. The lowest BCUT2D eigenvalue weighted by atomic mass is 10.0. The summed E-state index contributed by atoms with van der Waals surface area (Å²) < 4.78 is 5.10. The summed E-state index contributed by atoms with van der Waals surface area (Å²) in [5.74, 6) is -1.70. The summed E-state index contributed by atoms with van der Waals surface area (Å²) in [6.45, 7) is 1.77. The first-order valence-corrected chi connectivity index (χ1v) is 11.4. The van der Waals surface area contributed by atoms with Gasteiger partial charge in [-0.05, 0) is 18.6 Å². The number of hydrogen-bond donors (Lipinski definition) is 3. The number of aromatic nitrogens is 2. The molecule has 2 aromatic heterocycles. The maximum Gasteiger partial charge on any atom is 0.352 e. The third-order valence-corrected chi connectivity index (χ3v) is 6.72. The van der Waals surface area contributed by atoms with E-state index in [2.05, 4.69) is 20.6 Å². The van der Waals surface area contributed by atoms with Crippen molar-refractivity contribution in [3.8, 4) is 0 Å². The summed E-state index contributed by atoms with van der Waals surface area (Å²) in [6.07, 6.45) is 3.18. The van der Waals surface area contributed by atoms with E-state index in [0.717, 1.165) is 11.3 Å². The number of nitrogens with one attached hydrogen (secondary N) is 1. The normalized spacial score (nSPS) is 20.6. The lowest BCUT2D eigenvalue weighted by Gasteiger charge is -2.49. The van der Waals surface area contributed by atoms with Gasteiger partial charge in [-0.25, -0.2) is 9.78 Å². The Morgan fingerprint density at radius 3 is 2.85 bits per heavy atom. The van der Waals surface area contributed by atoms with Crippen molar-refractivity contribution < 1.29 is 28.9 Å². The molecule has 172 valence electrons. The van der Waals surface area contributed by atoms with Crippen molar-refractivity contribution in [2.24, 2.45) is 5.16 Å². The van der Waals surface area contributed by atoms with Crippen molar-refractivity contribution in [1.82, 2.24) is 20.4 Å². The number of thioether (sulfide) groups is 1. The van der Waals surface area contributed by atoms with E-state index in [0.29, 0.717) is 22.8 Å². The van der Waals surface area contributed by atoms with Gasteiger partial charge >= 0.3 is 5.97 Å². The molecule has 2 aliphatic rings. The molecule has 0 unspecified atom stereocenters. The van der Waals surface area contributed by atoms with Crippen molar-refractivity contribution in [2.75, 3.05) is 18.6 Å². The molecule has 4 N–H and O–H groups in total. The molecule has 0 spiro atoms. The Hall–Kier alpha value is -3.65. The molecule has 0 aromatic carbocycles. The molecule has 2 amide bonds. The topological polar surface area (TPSA) is 173 Å². The van der Waals surface area contributed by atoms with Crippen LogP contribution in [0.5, 0.6) is 0 Å². The number of hydrogen-bond acceptors (Lipinski definition) is 11. The number of β-lactam (4-membered cyclic amide) rings is 1. The minimum absolute atomic E-state index is 0.139. The van der Waals surface area contributed by atoms with Gasteiger partial charge in [0.25, 0.3) is 11.8 Å². The quantitative estimate of drug-likeness (QED) is 0.286. The number of thiazole rings is 1. The van der Waals surface area contributed by atoms with E-state index >= 15 is 0 Å². The number of aryl methyl sites for hydroxylation is 1. The Morgan fingerprint density at radius 1 is 1.45 bits per heavy atom. The predicted molar refractivity (Wildman–Crippen MR) is 120 cm³/mol. The largest absolute Gasteiger partial charge is 0.477 e. The number of fused-ring (bicyclic) bond motifs is 1. The molecule has 33 heavy (non-hydrogen) atoms. The van der Waals surface area contributed by atoms with Crippen molar-refractivity contribution in [2.45, 2.75) is 18.3 Å². The summed E-state index contributed by atoms with van der Waals surface area (Å²) in [5.41, 5.74) is 6.68. The number of carbonyl (C=O) groups is 3. The van der Waals surface area contributed by atoms with Crippen LogP contribution in [-0.4, -0.2) is 67.9 Å². The number of nitrogens with zero attached hydrogens (tertiary/aromatic N) is 4. The molecule has 2 aromatic rings. The average Bonchev–Trinajstić information content (AvgIpc) is 3.40. The minimum atomic E-state index is -1.24. The van der Waals surface area contributed by atoms with E-state index in [1.807, 2.05) is 0 Å². The number of oxime groups is 1. The van der Waals surface area contributed by atoms with E-state index < -0.39 is 29.2 Å². The van der Waals surface area contributed by atoms with Crippen LogP contribution >= 0.6 is 23.1 Å². The molecule has 0 aliphatic carbocycles. The molecular weight excluding hydrogens is 472 g/mol. The van der Waals surface area contributed by atoms with Crippen molar-refractivity contribution in [1.29, 1.82) is 0 Å². The highest BCUT2D eigenvalue weighted by Crippen LogP contribution is 2.40. The van der Waals surface area contributed by atoms with E-state index in [4.69, 9.17) is 15.1 Å². The van der Waals surface area contributed by atoms with Gasteiger partial charge in [-0.3, -0.25) is 14.5 Å². The van der Waals surface area contributed by atoms with Crippen LogP contribution < -0.4 is 11.1 Å². The Balaban J connectivity index is 1.53. The third-order valence-electron chi connectivity index (χ3n) is 4.74. The van der Waals surface area contributed by atoms with Gasteiger partial charge in [-0.15, -0.1) is 23.1 Å². The third kappa shape index (κ3) is 4.34. The van der Waals surface area contributed by atoms with Gasteiger partial charge in [0.05, 0.1) is 5.69 Å². The first kappa shape index (κ1) is 22.5. The highest BCUT2D eigenvalue weighted by atomic mass is 32.2. The molecule has 2 aliphatic heterocycles. The van der Waals surface area contributed by atoms with E-state index in [9.17, 15) is 19.5 Å². The second-order valence-electron chi connectivity index (χ2n) is 6.94. The Labute approximate surface area is 195 Å². The van der Waals surface area contributed by atoms with Crippen LogP contribution in [0.4, 0.5) is 5.13 Å². The second-order valence-corrected chi connectivity index (χ2v) is 8.93. The van der Waals surface area contributed by atoms with Crippen LogP contribution in [0.25, 0.3) is 6.08 Å². The smallest absolute Gasteiger partial charge is 0.352 e. The van der Waals surface area contributed by atoms with Crippen molar-refractivity contribution >= 4 is 57.8 Å². The highest BCUT2D eigenvalue weighted by Gasteiger charge is 2.54. The molecule has 12 nitrogen and oxygen atoms in total. The Bertz CT molecular complexity index is 1210. The molecule has 1 fully saturated rings. The van der Waals surface area contributed by atoms with Crippen LogP contribution in [-0.2, 0) is 19.2 Å². The van der Waals surface area contributed by atoms with E-state index in [-0.39, 0.29) is 22.2 Å².